The molecule has 156 valence electrons. The van der Waals surface area contributed by atoms with Crippen molar-refractivity contribution in [2.45, 2.75) is 31.7 Å². The zero-order valence-electron chi connectivity index (χ0n) is 17.3. The smallest absolute Gasteiger partial charge is 0.261 e. The molecule has 1 atom stereocenters. The highest BCUT2D eigenvalue weighted by Gasteiger charge is 2.41. The molecule has 4 rings (SSSR count). The molecular formula is C22H24F2N6. The second kappa shape index (κ2) is 7.65. The topological polar surface area (TPSA) is 61.0 Å². The Bertz CT molecular complexity index is 1120. The predicted octanol–water partition coefficient (Wildman–Crippen LogP) is 4.20. The van der Waals surface area contributed by atoms with Crippen molar-refractivity contribution in [1.82, 2.24) is 19.4 Å². The monoisotopic (exact) mass is 410 g/mol. The Morgan fingerprint density at radius 1 is 1.30 bits per heavy atom. The van der Waals surface area contributed by atoms with Crippen molar-refractivity contribution in [3.8, 4) is 6.07 Å². The minimum atomic E-state index is -2.72. The number of nitrogens with zero attached hydrogens (tertiary/aromatic N) is 6. The number of hydrogen-bond acceptors (Lipinski definition) is 5. The van der Waals surface area contributed by atoms with E-state index in [1.54, 1.807) is 17.4 Å². The lowest BCUT2D eigenvalue weighted by molar-refractivity contribution is 0.00989. The van der Waals surface area contributed by atoms with Crippen molar-refractivity contribution in [3.05, 3.63) is 47.9 Å². The Morgan fingerprint density at radius 2 is 2.10 bits per heavy atom. The molecule has 1 saturated heterocycles. The molecule has 3 aromatic rings. The first kappa shape index (κ1) is 20.2. The molecule has 0 bridgehead atoms. The summed E-state index contributed by atoms with van der Waals surface area (Å²) in [5, 5.41) is 9.67. The Labute approximate surface area is 174 Å². The molecule has 0 aliphatic carbocycles. The van der Waals surface area contributed by atoms with Crippen LogP contribution in [-0.4, -0.2) is 45.5 Å². The van der Waals surface area contributed by atoms with Gasteiger partial charge in [-0.3, -0.25) is 4.90 Å². The van der Waals surface area contributed by atoms with Gasteiger partial charge in [0.05, 0.1) is 30.7 Å². The lowest BCUT2D eigenvalue weighted by Crippen LogP contribution is -2.29. The summed E-state index contributed by atoms with van der Waals surface area (Å²) in [4.78, 5) is 12.4. The molecular weight excluding hydrogens is 386 g/mol. The number of fused-ring (bicyclic) bond motifs is 1. The van der Waals surface area contributed by atoms with Gasteiger partial charge in [0.25, 0.3) is 5.92 Å². The second-order valence-corrected chi connectivity index (χ2v) is 7.80. The molecule has 0 radical (unpaired) electrons. The third kappa shape index (κ3) is 3.61. The number of imidazole rings is 1. The molecule has 0 amide bonds. The summed E-state index contributed by atoms with van der Waals surface area (Å²) in [5.74, 6) is -1.94. The molecule has 1 aliphatic heterocycles. The molecule has 30 heavy (non-hydrogen) atoms. The normalized spacial score (nSPS) is 17.2. The molecule has 0 spiro atoms. The summed E-state index contributed by atoms with van der Waals surface area (Å²) in [5.41, 5.74) is 4.58. The highest BCUT2D eigenvalue weighted by Crippen LogP contribution is 2.35. The number of aryl methyl sites for hydroxylation is 2. The van der Waals surface area contributed by atoms with Gasteiger partial charge in [0.1, 0.15) is 17.4 Å². The maximum Gasteiger partial charge on any atom is 0.261 e. The fourth-order valence-corrected chi connectivity index (χ4v) is 4.06. The highest BCUT2D eigenvalue weighted by molar-refractivity contribution is 5.79. The summed E-state index contributed by atoms with van der Waals surface area (Å²) in [6.45, 7) is 1.89. The minimum absolute atomic E-state index is 0.200. The Morgan fingerprint density at radius 3 is 2.77 bits per heavy atom. The van der Waals surface area contributed by atoms with Crippen LogP contribution >= 0.6 is 0 Å². The van der Waals surface area contributed by atoms with E-state index >= 15 is 0 Å². The third-order valence-electron chi connectivity index (χ3n) is 5.79. The van der Waals surface area contributed by atoms with Gasteiger partial charge in [0.15, 0.2) is 0 Å². The van der Waals surface area contributed by atoms with Crippen LogP contribution in [0.3, 0.4) is 0 Å². The summed E-state index contributed by atoms with van der Waals surface area (Å²) < 4.78 is 29.3. The van der Waals surface area contributed by atoms with Crippen LogP contribution in [0.4, 0.5) is 20.3 Å². The van der Waals surface area contributed by atoms with Gasteiger partial charge in [0, 0.05) is 38.8 Å². The quantitative estimate of drug-likeness (QED) is 0.631. The van der Waals surface area contributed by atoms with E-state index in [-0.39, 0.29) is 19.5 Å². The number of benzene rings is 1. The van der Waals surface area contributed by atoms with Crippen LogP contribution in [-0.2, 0) is 13.5 Å². The predicted molar refractivity (Wildman–Crippen MR) is 112 cm³/mol. The average Bonchev–Trinajstić information content (AvgIpc) is 3.29. The fraction of sp³-hybridized carbons (Fsp3) is 0.409. The standard InChI is InChI=1S/C22H24F2N6/c1-4-15-9-16(20(11-25)30-8-7-22(23,24)13-30)5-6-18(15)29(3)21-10-19-17(12-26-21)27-14-28(19)2/h5-6,9-10,12,14,20H,4,7-8,13H2,1-3H3. The lowest BCUT2D eigenvalue weighted by Gasteiger charge is -2.25. The van der Waals surface area contributed by atoms with Gasteiger partial charge in [-0.15, -0.1) is 0 Å². The van der Waals surface area contributed by atoms with E-state index in [4.69, 9.17) is 0 Å². The SMILES string of the molecule is CCc1cc(C(C#N)N2CCC(F)(F)C2)ccc1N(C)c1cc2c(cn1)ncn2C. The number of rotatable bonds is 5. The van der Waals surface area contributed by atoms with Gasteiger partial charge >= 0.3 is 0 Å². The van der Waals surface area contributed by atoms with E-state index in [1.807, 2.05) is 54.8 Å². The Balaban J connectivity index is 1.66. The van der Waals surface area contributed by atoms with Crippen molar-refractivity contribution in [1.29, 1.82) is 5.26 Å². The maximum absolute atomic E-state index is 13.7. The number of pyridine rings is 1. The number of anilines is 2. The zero-order valence-corrected chi connectivity index (χ0v) is 17.3. The van der Waals surface area contributed by atoms with E-state index < -0.39 is 12.0 Å². The summed E-state index contributed by atoms with van der Waals surface area (Å²) >= 11 is 0. The van der Waals surface area contributed by atoms with Crippen LogP contribution in [0, 0.1) is 11.3 Å². The first-order valence-corrected chi connectivity index (χ1v) is 9.98. The summed E-state index contributed by atoms with van der Waals surface area (Å²) in [7, 11) is 3.89. The number of alkyl halides is 2. The van der Waals surface area contributed by atoms with Crippen molar-refractivity contribution < 1.29 is 8.78 Å². The van der Waals surface area contributed by atoms with Crippen molar-refractivity contribution in [2.75, 3.05) is 25.0 Å². The Kier molecular flexibility index (Phi) is 5.16. The molecule has 8 heteroatoms. The van der Waals surface area contributed by atoms with Crippen molar-refractivity contribution in [3.63, 3.8) is 0 Å². The number of hydrogen-bond donors (Lipinski definition) is 0. The van der Waals surface area contributed by atoms with Crippen LogP contribution in [0.25, 0.3) is 11.0 Å². The molecule has 1 aromatic carbocycles. The fourth-order valence-electron chi connectivity index (χ4n) is 4.06. The molecule has 3 heterocycles. The molecule has 1 fully saturated rings. The number of nitriles is 1. The summed E-state index contributed by atoms with van der Waals surface area (Å²) in [6, 6.07) is 9.28. The second-order valence-electron chi connectivity index (χ2n) is 7.80. The first-order chi connectivity index (χ1) is 14.3. The van der Waals surface area contributed by atoms with E-state index in [2.05, 4.69) is 16.0 Å². The molecule has 0 saturated carbocycles. The van der Waals surface area contributed by atoms with Gasteiger partial charge in [-0.05, 0) is 23.6 Å². The van der Waals surface area contributed by atoms with E-state index in [0.29, 0.717) is 0 Å². The molecule has 2 aromatic heterocycles. The van der Waals surface area contributed by atoms with Gasteiger partial charge in [-0.2, -0.15) is 5.26 Å². The maximum atomic E-state index is 13.7. The molecule has 1 unspecified atom stereocenters. The highest BCUT2D eigenvalue weighted by atomic mass is 19.3. The van der Waals surface area contributed by atoms with E-state index in [0.717, 1.165) is 40.1 Å². The van der Waals surface area contributed by atoms with Gasteiger partial charge in [-0.25, -0.2) is 18.7 Å². The number of halogens is 2. The molecule has 6 nitrogen and oxygen atoms in total. The van der Waals surface area contributed by atoms with Crippen LogP contribution in [0.2, 0.25) is 0 Å². The molecule has 1 aliphatic rings. The van der Waals surface area contributed by atoms with E-state index in [1.165, 1.54) is 0 Å². The van der Waals surface area contributed by atoms with Gasteiger partial charge in [0.2, 0.25) is 0 Å². The Hall–Kier alpha value is -3.05. The summed E-state index contributed by atoms with van der Waals surface area (Å²) in [6.07, 6.45) is 4.05. The van der Waals surface area contributed by atoms with Gasteiger partial charge in [-0.1, -0.05) is 19.1 Å². The van der Waals surface area contributed by atoms with Crippen molar-refractivity contribution in [2.24, 2.45) is 7.05 Å². The number of aromatic nitrogens is 3. The minimum Gasteiger partial charge on any atom is -0.334 e. The van der Waals surface area contributed by atoms with Crippen LogP contribution in [0.1, 0.15) is 30.5 Å². The van der Waals surface area contributed by atoms with E-state index in [9.17, 15) is 14.0 Å². The number of likely N-dealkylation sites (tertiary alicyclic amines) is 1. The lowest BCUT2D eigenvalue weighted by atomic mass is 10.00. The zero-order chi connectivity index (χ0) is 21.5. The first-order valence-electron chi connectivity index (χ1n) is 9.98. The van der Waals surface area contributed by atoms with Crippen LogP contribution in [0.5, 0.6) is 0 Å². The van der Waals surface area contributed by atoms with Gasteiger partial charge < -0.3 is 9.47 Å². The van der Waals surface area contributed by atoms with Crippen LogP contribution in [0.15, 0.2) is 36.8 Å². The van der Waals surface area contributed by atoms with Crippen LogP contribution < -0.4 is 4.90 Å². The average molecular weight is 410 g/mol. The van der Waals surface area contributed by atoms with Crippen molar-refractivity contribution >= 4 is 22.5 Å². The third-order valence-corrected chi connectivity index (χ3v) is 5.79. The largest absolute Gasteiger partial charge is 0.334 e. The molecule has 0 N–H and O–H groups in total.